The Morgan fingerprint density at radius 2 is 2.18 bits per heavy atom. The van der Waals surface area contributed by atoms with Crippen molar-refractivity contribution in [1.82, 2.24) is 5.16 Å². The van der Waals surface area contributed by atoms with Crippen molar-refractivity contribution in [2.24, 2.45) is 0 Å². The van der Waals surface area contributed by atoms with Crippen molar-refractivity contribution in [3.63, 3.8) is 0 Å². The average molecular weight is 239 g/mol. The van der Waals surface area contributed by atoms with E-state index in [4.69, 9.17) is 9.26 Å². The first kappa shape index (κ1) is 12.6. The third kappa shape index (κ3) is 3.07. The molecular formula is C13H21NO3. The molecule has 0 spiro atoms. The Hall–Kier alpha value is -0.870. The predicted molar refractivity (Wildman–Crippen MR) is 63.5 cm³/mol. The van der Waals surface area contributed by atoms with Gasteiger partial charge in [-0.2, -0.15) is 0 Å². The number of hydrogen-bond acceptors (Lipinski definition) is 4. The van der Waals surface area contributed by atoms with Gasteiger partial charge in [0.1, 0.15) is 11.5 Å². The summed E-state index contributed by atoms with van der Waals surface area (Å²) in [5.74, 6) is 0.806. The number of rotatable bonds is 6. The zero-order chi connectivity index (χ0) is 12.1. The van der Waals surface area contributed by atoms with Crippen LogP contribution in [-0.4, -0.2) is 16.4 Å². The van der Waals surface area contributed by atoms with E-state index in [0.29, 0.717) is 12.7 Å². The summed E-state index contributed by atoms with van der Waals surface area (Å²) < 4.78 is 11.0. The van der Waals surface area contributed by atoms with Gasteiger partial charge in [0.2, 0.25) is 0 Å². The highest BCUT2D eigenvalue weighted by molar-refractivity contribution is 5.21. The maximum atomic E-state index is 9.35. The second kappa shape index (κ2) is 6.17. The monoisotopic (exact) mass is 239 g/mol. The SMILES string of the molecule is CCCc1onc(COC2CCCC2)c1CO. The minimum Gasteiger partial charge on any atom is -0.391 e. The van der Waals surface area contributed by atoms with Crippen LogP contribution in [0.2, 0.25) is 0 Å². The first-order valence-corrected chi connectivity index (χ1v) is 6.54. The molecule has 1 aromatic heterocycles. The first-order chi connectivity index (χ1) is 8.35. The number of aliphatic hydroxyl groups is 1. The Kier molecular flexibility index (Phi) is 4.57. The quantitative estimate of drug-likeness (QED) is 0.829. The first-order valence-electron chi connectivity index (χ1n) is 6.54. The van der Waals surface area contributed by atoms with E-state index in [2.05, 4.69) is 12.1 Å². The number of aryl methyl sites for hydroxylation is 1. The molecule has 0 unspecified atom stereocenters. The molecule has 1 aliphatic rings. The molecule has 1 fully saturated rings. The fraction of sp³-hybridized carbons (Fsp3) is 0.769. The van der Waals surface area contributed by atoms with Crippen molar-refractivity contribution in [2.75, 3.05) is 0 Å². The molecule has 1 N–H and O–H groups in total. The number of aliphatic hydroxyl groups excluding tert-OH is 1. The lowest BCUT2D eigenvalue weighted by atomic mass is 10.1. The summed E-state index contributed by atoms with van der Waals surface area (Å²) in [6.45, 7) is 2.54. The van der Waals surface area contributed by atoms with Crippen LogP contribution in [0.25, 0.3) is 0 Å². The smallest absolute Gasteiger partial charge is 0.142 e. The topological polar surface area (TPSA) is 55.5 Å². The Balaban J connectivity index is 1.94. The van der Waals surface area contributed by atoms with Crippen LogP contribution in [0.1, 0.15) is 56.0 Å². The molecule has 0 aliphatic heterocycles. The molecule has 1 heterocycles. The second-order valence-corrected chi connectivity index (χ2v) is 4.66. The van der Waals surface area contributed by atoms with Crippen LogP contribution in [0.5, 0.6) is 0 Å². The van der Waals surface area contributed by atoms with Crippen molar-refractivity contribution in [2.45, 2.75) is 64.8 Å². The van der Waals surface area contributed by atoms with Gasteiger partial charge in [-0.05, 0) is 19.3 Å². The molecule has 17 heavy (non-hydrogen) atoms. The largest absolute Gasteiger partial charge is 0.391 e. The van der Waals surface area contributed by atoms with E-state index in [1.54, 1.807) is 0 Å². The zero-order valence-electron chi connectivity index (χ0n) is 10.4. The van der Waals surface area contributed by atoms with Gasteiger partial charge in [-0.3, -0.25) is 0 Å². The minimum atomic E-state index is -0.0117. The lowest BCUT2D eigenvalue weighted by molar-refractivity contribution is 0.0415. The van der Waals surface area contributed by atoms with Gasteiger partial charge in [0.15, 0.2) is 0 Å². The highest BCUT2D eigenvalue weighted by Crippen LogP contribution is 2.23. The molecule has 0 radical (unpaired) electrons. The normalized spacial score (nSPS) is 16.8. The molecule has 1 aromatic rings. The summed E-state index contributed by atoms with van der Waals surface area (Å²) in [5, 5.41) is 13.4. The Labute approximate surface area is 102 Å². The molecule has 0 bridgehead atoms. The van der Waals surface area contributed by atoms with E-state index in [-0.39, 0.29) is 6.61 Å². The lowest BCUT2D eigenvalue weighted by Gasteiger charge is -2.09. The number of ether oxygens (including phenoxy) is 1. The highest BCUT2D eigenvalue weighted by Gasteiger charge is 2.19. The van der Waals surface area contributed by atoms with Crippen LogP contribution in [0.4, 0.5) is 0 Å². The van der Waals surface area contributed by atoms with E-state index >= 15 is 0 Å². The molecule has 1 saturated carbocycles. The summed E-state index contributed by atoms with van der Waals surface area (Å²) >= 11 is 0. The Bertz CT molecular complexity index is 342. The Morgan fingerprint density at radius 1 is 1.41 bits per heavy atom. The van der Waals surface area contributed by atoms with Gasteiger partial charge >= 0.3 is 0 Å². The molecule has 0 aromatic carbocycles. The van der Waals surface area contributed by atoms with E-state index in [0.717, 1.165) is 42.7 Å². The van der Waals surface area contributed by atoms with Gasteiger partial charge in [-0.1, -0.05) is 24.9 Å². The third-order valence-corrected chi connectivity index (χ3v) is 3.34. The van der Waals surface area contributed by atoms with Crippen molar-refractivity contribution in [3.05, 3.63) is 17.0 Å². The molecular weight excluding hydrogens is 218 g/mol. The van der Waals surface area contributed by atoms with Crippen LogP contribution in [0.3, 0.4) is 0 Å². The molecule has 2 rings (SSSR count). The molecule has 96 valence electrons. The highest BCUT2D eigenvalue weighted by atomic mass is 16.5. The van der Waals surface area contributed by atoms with Gasteiger partial charge < -0.3 is 14.4 Å². The van der Waals surface area contributed by atoms with Gasteiger partial charge in [0.05, 0.1) is 19.3 Å². The molecule has 0 amide bonds. The van der Waals surface area contributed by atoms with Crippen molar-refractivity contribution in [3.8, 4) is 0 Å². The van der Waals surface area contributed by atoms with Gasteiger partial charge in [-0.15, -0.1) is 0 Å². The minimum absolute atomic E-state index is 0.0117. The summed E-state index contributed by atoms with van der Waals surface area (Å²) in [7, 11) is 0. The molecule has 4 heteroatoms. The molecule has 4 nitrogen and oxygen atoms in total. The van der Waals surface area contributed by atoms with E-state index < -0.39 is 0 Å². The van der Waals surface area contributed by atoms with Gasteiger partial charge in [0, 0.05) is 12.0 Å². The van der Waals surface area contributed by atoms with Crippen LogP contribution in [-0.2, 0) is 24.4 Å². The Morgan fingerprint density at radius 3 is 2.82 bits per heavy atom. The predicted octanol–water partition coefficient (Wildman–Crippen LogP) is 2.58. The van der Waals surface area contributed by atoms with Crippen LogP contribution in [0.15, 0.2) is 4.52 Å². The zero-order valence-corrected chi connectivity index (χ0v) is 10.4. The van der Waals surface area contributed by atoms with Gasteiger partial charge in [-0.25, -0.2) is 0 Å². The molecule has 0 saturated heterocycles. The number of aromatic nitrogens is 1. The third-order valence-electron chi connectivity index (χ3n) is 3.34. The van der Waals surface area contributed by atoms with E-state index in [9.17, 15) is 5.11 Å². The fourth-order valence-corrected chi connectivity index (χ4v) is 2.35. The summed E-state index contributed by atoms with van der Waals surface area (Å²) in [6.07, 6.45) is 7.00. The van der Waals surface area contributed by atoms with E-state index in [1.807, 2.05) is 0 Å². The van der Waals surface area contributed by atoms with Crippen LogP contribution >= 0.6 is 0 Å². The summed E-state index contributed by atoms with van der Waals surface area (Å²) in [6, 6.07) is 0. The number of hydrogen-bond donors (Lipinski definition) is 1. The van der Waals surface area contributed by atoms with Crippen LogP contribution < -0.4 is 0 Å². The standard InChI is InChI=1S/C13H21NO3/c1-2-5-13-11(8-15)12(14-17-13)9-16-10-6-3-4-7-10/h10,15H,2-9H2,1H3. The van der Waals surface area contributed by atoms with Crippen molar-refractivity contribution in [1.29, 1.82) is 0 Å². The average Bonchev–Trinajstić information content (AvgIpc) is 2.95. The van der Waals surface area contributed by atoms with Crippen molar-refractivity contribution < 1.29 is 14.4 Å². The second-order valence-electron chi connectivity index (χ2n) is 4.66. The molecule has 0 atom stereocenters. The maximum absolute atomic E-state index is 9.35. The summed E-state index contributed by atoms with van der Waals surface area (Å²) in [4.78, 5) is 0. The van der Waals surface area contributed by atoms with Gasteiger partial charge in [0.25, 0.3) is 0 Å². The van der Waals surface area contributed by atoms with E-state index in [1.165, 1.54) is 12.8 Å². The van der Waals surface area contributed by atoms with Crippen molar-refractivity contribution >= 4 is 0 Å². The lowest BCUT2D eigenvalue weighted by Crippen LogP contribution is -2.08. The van der Waals surface area contributed by atoms with Crippen LogP contribution in [0, 0.1) is 0 Å². The fourth-order valence-electron chi connectivity index (χ4n) is 2.35. The summed E-state index contributed by atoms with van der Waals surface area (Å²) in [5.41, 5.74) is 1.59. The molecule has 1 aliphatic carbocycles. The number of nitrogens with zero attached hydrogens (tertiary/aromatic N) is 1. The maximum Gasteiger partial charge on any atom is 0.142 e.